The lowest BCUT2D eigenvalue weighted by molar-refractivity contribution is 0.0601. The van der Waals surface area contributed by atoms with Crippen LogP contribution in [0.3, 0.4) is 0 Å². The fourth-order valence-electron chi connectivity index (χ4n) is 0.951. The number of nitrogens with one attached hydrogen (secondary N) is 1. The van der Waals surface area contributed by atoms with E-state index in [0.717, 1.165) is 5.69 Å². The van der Waals surface area contributed by atoms with Gasteiger partial charge in [-0.15, -0.1) is 0 Å². The van der Waals surface area contributed by atoms with Gasteiger partial charge < -0.3 is 10.1 Å². The summed E-state index contributed by atoms with van der Waals surface area (Å²) in [5.74, 6) is -0.321. The normalized spacial score (nSPS) is 9.38. The minimum atomic E-state index is -0.321. The number of rotatable bonds is 3. The Morgan fingerprint density at radius 3 is 3.00 bits per heavy atom. The van der Waals surface area contributed by atoms with E-state index in [4.69, 9.17) is 0 Å². The van der Waals surface area contributed by atoms with Crippen LogP contribution >= 0.6 is 15.9 Å². The standard InChI is InChI=1S/C9H10BrNO2/c1-13-9(12)7-3-2-4-8(5-7)11-6-10/h2-5,11H,6H2,1H3. The molecule has 0 aliphatic carbocycles. The van der Waals surface area contributed by atoms with Gasteiger partial charge in [0.2, 0.25) is 0 Å². The summed E-state index contributed by atoms with van der Waals surface area (Å²) in [5.41, 5.74) is 2.09. The highest BCUT2D eigenvalue weighted by molar-refractivity contribution is 9.09. The Bertz CT molecular complexity index is 301. The van der Waals surface area contributed by atoms with Crippen LogP contribution in [0.25, 0.3) is 0 Å². The summed E-state index contributed by atoms with van der Waals surface area (Å²) in [6.45, 7) is 0. The molecule has 0 fully saturated rings. The van der Waals surface area contributed by atoms with E-state index in [2.05, 4.69) is 26.0 Å². The highest BCUT2D eigenvalue weighted by Gasteiger charge is 2.04. The molecule has 0 aromatic heterocycles. The summed E-state index contributed by atoms with van der Waals surface area (Å²) in [4.78, 5) is 11.1. The maximum Gasteiger partial charge on any atom is 0.337 e. The molecule has 0 aliphatic rings. The minimum absolute atomic E-state index is 0.321. The molecule has 4 heteroatoms. The summed E-state index contributed by atoms with van der Waals surface area (Å²) >= 11 is 3.24. The van der Waals surface area contributed by atoms with Gasteiger partial charge in [0.05, 0.1) is 18.1 Å². The summed E-state index contributed by atoms with van der Waals surface area (Å²) in [6, 6.07) is 7.14. The van der Waals surface area contributed by atoms with Crippen molar-refractivity contribution in [2.45, 2.75) is 0 Å². The van der Waals surface area contributed by atoms with Gasteiger partial charge in [-0.05, 0) is 18.2 Å². The van der Waals surface area contributed by atoms with Crippen LogP contribution in [0.4, 0.5) is 5.69 Å². The van der Waals surface area contributed by atoms with Gasteiger partial charge in [0.15, 0.2) is 0 Å². The molecule has 0 radical (unpaired) electrons. The maximum atomic E-state index is 11.1. The Hall–Kier alpha value is -1.03. The summed E-state index contributed by atoms with van der Waals surface area (Å²) in [6.07, 6.45) is 0. The van der Waals surface area contributed by atoms with E-state index in [0.29, 0.717) is 11.0 Å². The molecule has 1 aromatic rings. The topological polar surface area (TPSA) is 38.3 Å². The van der Waals surface area contributed by atoms with Crippen LogP contribution in [-0.4, -0.2) is 18.5 Å². The van der Waals surface area contributed by atoms with Crippen LogP contribution in [0, 0.1) is 0 Å². The highest BCUT2D eigenvalue weighted by Crippen LogP contribution is 2.11. The fraction of sp³-hybridized carbons (Fsp3) is 0.222. The molecule has 70 valence electrons. The molecule has 1 rings (SSSR count). The SMILES string of the molecule is COC(=O)c1cccc(NCBr)c1. The molecule has 0 amide bonds. The molecule has 13 heavy (non-hydrogen) atoms. The van der Waals surface area contributed by atoms with E-state index in [1.54, 1.807) is 18.2 Å². The lowest BCUT2D eigenvalue weighted by Crippen LogP contribution is -2.02. The molecule has 0 saturated carbocycles. The Labute approximate surface area is 85.2 Å². The first-order valence-electron chi connectivity index (χ1n) is 3.76. The van der Waals surface area contributed by atoms with Gasteiger partial charge in [0.1, 0.15) is 0 Å². The molecule has 0 heterocycles. The molecule has 1 N–H and O–H groups in total. The summed E-state index contributed by atoms with van der Waals surface area (Å²) in [7, 11) is 1.37. The molecule has 0 unspecified atom stereocenters. The predicted octanol–water partition coefficient (Wildman–Crippen LogP) is 2.24. The van der Waals surface area contributed by atoms with Crippen LogP contribution in [0.15, 0.2) is 24.3 Å². The highest BCUT2D eigenvalue weighted by atomic mass is 79.9. The van der Waals surface area contributed by atoms with Gasteiger partial charge in [-0.25, -0.2) is 4.79 Å². The number of alkyl halides is 1. The van der Waals surface area contributed by atoms with E-state index in [-0.39, 0.29) is 5.97 Å². The van der Waals surface area contributed by atoms with Crippen LogP contribution in [-0.2, 0) is 4.74 Å². The zero-order valence-corrected chi connectivity index (χ0v) is 8.80. The maximum absolute atomic E-state index is 11.1. The van der Waals surface area contributed by atoms with E-state index < -0.39 is 0 Å². The third-order valence-electron chi connectivity index (χ3n) is 1.55. The number of anilines is 1. The molecule has 0 spiro atoms. The lowest BCUT2D eigenvalue weighted by Gasteiger charge is -2.03. The third kappa shape index (κ3) is 2.73. The second kappa shape index (κ2) is 4.87. The zero-order chi connectivity index (χ0) is 9.68. The first kappa shape index (κ1) is 10.1. The van der Waals surface area contributed by atoms with Crippen molar-refractivity contribution >= 4 is 27.6 Å². The van der Waals surface area contributed by atoms with Crippen molar-refractivity contribution in [3.8, 4) is 0 Å². The number of hydrogen-bond donors (Lipinski definition) is 1. The smallest absolute Gasteiger partial charge is 0.337 e. The average Bonchev–Trinajstić information content (AvgIpc) is 2.18. The first-order chi connectivity index (χ1) is 6.27. The molecule has 3 nitrogen and oxygen atoms in total. The third-order valence-corrected chi connectivity index (χ3v) is 1.83. The largest absolute Gasteiger partial charge is 0.465 e. The van der Waals surface area contributed by atoms with E-state index >= 15 is 0 Å². The number of carbonyl (C=O) groups is 1. The van der Waals surface area contributed by atoms with Gasteiger partial charge in [0, 0.05) is 5.69 Å². The van der Waals surface area contributed by atoms with Crippen LogP contribution in [0.1, 0.15) is 10.4 Å². The van der Waals surface area contributed by atoms with Crippen molar-refractivity contribution in [1.82, 2.24) is 0 Å². The van der Waals surface area contributed by atoms with Crippen molar-refractivity contribution in [1.29, 1.82) is 0 Å². The van der Waals surface area contributed by atoms with Gasteiger partial charge in [-0.3, -0.25) is 0 Å². The Balaban J connectivity index is 2.85. The molecule has 0 bridgehead atoms. The van der Waals surface area contributed by atoms with E-state index in [1.807, 2.05) is 6.07 Å². The zero-order valence-electron chi connectivity index (χ0n) is 7.21. The van der Waals surface area contributed by atoms with Crippen LogP contribution in [0.5, 0.6) is 0 Å². The van der Waals surface area contributed by atoms with Gasteiger partial charge >= 0.3 is 5.97 Å². The van der Waals surface area contributed by atoms with Crippen molar-refractivity contribution in [2.75, 3.05) is 17.9 Å². The van der Waals surface area contributed by atoms with Crippen molar-refractivity contribution in [3.63, 3.8) is 0 Å². The Morgan fingerprint density at radius 2 is 2.38 bits per heavy atom. The number of halogens is 1. The molecule has 0 aliphatic heterocycles. The number of esters is 1. The molecule has 0 atom stereocenters. The molecule has 0 saturated heterocycles. The monoisotopic (exact) mass is 243 g/mol. The molecular formula is C9H10BrNO2. The first-order valence-corrected chi connectivity index (χ1v) is 4.88. The summed E-state index contributed by atoms with van der Waals surface area (Å²) < 4.78 is 4.59. The van der Waals surface area contributed by atoms with E-state index in [1.165, 1.54) is 7.11 Å². The van der Waals surface area contributed by atoms with Crippen LogP contribution < -0.4 is 5.32 Å². The Kier molecular flexibility index (Phi) is 3.76. The molecule has 1 aromatic carbocycles. The lowest BCUT2D eigenvalue weighted by atomic mass is 10.2. The number of hydrogen-bond acceptors (Lipinski definition) is 3. The number of ether oxygens (including phenoxy) is 1. The number of carbonyl (C=O) groups excluding carboxylic acids is 1. The number of benzene rings is 1. The van der Waals surface area contributed by atoms with Gasteiger partial charge in [-0.2, -0.15) is 0 Å². The second-order valence-electron chi connectivity index (χ2n) is 2.38. The van der Waals surface area contributed by atoms with Crippen LogP contribution in [0.2, 0.25) is 0 Å². The predicted molar refractivity (Wildman–Crippen MR) is 55.2 cm³/mol. The van der Waals surface area contributed by atoms with E-state index in [9.17, 15) is 4.79 Å². The van der Waals surface area contributed by atoms with Crippen molar-refractivity contribution in [2.24, 2.45) is 0 Å². The summed E-state index contributed by atoms with van der Waals surface area (Å²) in [5, 5.41) is 3.04. The molecular weight excluding hydrogens is 234 g/mol. The quantitative estimate of drug-likeness (QED) is 0.503. The minimum Gasteiger partial charge on any atom is -0.465 e. The second-order valence-corrected chi connectivity index (χ2v) is 2.94. The van der Waals surface area contributed by atoms with Crippen molar-refractivity contribution < 1.29 is 9.53 Å². The van der Waals surface area contributed by atoms with Gasteiger partial charge in [0.25, 0.3) is 0 Å². The van der Waals surface area contributed by atoms with Gasteiger partial charge in [-0.1, -0.05) is 22.0 Å². The fourth-order valence-corrected chi connectivity index (χ4v) is 1.27. The Morgan fingerprint density at radius 1 is 1.62 bits per heavy atom. The van der Waals surface area contributed by atoms with Crippen molar-refractivity contribution in [3.05, 3.63) is 29.8 Å². The average molecular weight is 244 g/mol. The number of methoxy groups -OCH3 is 1.